The van der Waals surface area contributed by atoms with Crippen LogP contribution in [0.15, 0.2) is 36.8 Å². The van der Waals surface area contributed by atoms with E-state index in [1.54, 1.807) is 38.5 Å². The van der Waals surface area contributed by atoms with Gasteiger partial charge in [0, 0.05) is 20.3 Å². The molecule has 4 rings (SSSR count). The zero-order valence-corrected chi connectivity index (χ0v) is 18.5. The van der Waals surface area contributed by atoms with Gasteiger partial charge in [-0.2, -0.15) is 0 Å². The lowest BCUT2D eigenvalue weighted by atomic mass is 9.96. The van der Waals surface area contributed by atoms with Crippen LogP contribution in [0.5, 0.6) is 0 Å². The molecule has 3 aromatic rings. The van der Waals surface area contributed by atoms with Crippen LogP contribution in [0.2, 0.25) is 10.0 Å². The van der Waals surface area contributed by atoms with Gasteiger partial charge in [-0.3, -0.25) is 5.32 Å². The highest BCUT2D eigenvalue weighted by atomic mass is 35.5. The number of rotatable bonds is 4. The van der Waals surface area contributed by atoms with Crippen molar-refractivity contribution in [2.75, 3.05) is 19.4 Å². The first-order valence-electron chi connectivity index (χ1n) is 9.86. The molecule has 2 heterocycles. The standard InChI is InChI=1S/C21H23Cl2N5O3/c1-27(2)21(31)26-19-13-5-6-28(20(13)25-10-24-19)16-9-12(17(29)18(16)30)7-11-3-4-14(22)15(23)8-11/h3-6,8,10,12,16-18,29-30H,7,9H2,1-2H3,(H,24,25,26,31)/t12-,16+,17+,18-/m0/s1. The normalized spacial score (nSPS) is 23.3. The Morgan fingerprint density at radius 1 is 1.19 bits per heavy atom. The maximum atomic E-state index is 12.0. The topological polar surface area (TPSA) is 104 Å². The quantitative estimate of drug-likeness (QED) is 0.550. The lowest BCUT2D eigenvalue weighted by molar-refractivity contribution is 0.00683. The van der Waals surface area contributed by atoms with Crippen molar-refractivity contribution in [3.8, 4) is 0 Å². The predicted octanol–water partition coefficient (Wildman–Crippen LogP) is 3.36. The van der Waals surface area contributed by atoms with Crippen LogP contribution in [0.25, 0.3) is 11.0 Å². The van der Waals surface area contributed by atoms with Gasteiger partial charge in [-0.25, -0.2) is 14.8 Å². The summed E-state index contributed by atoms with van der Waals surface area (Å²) in [6, 6.07) is 6.52. The van der Waals surface area contributed by atoms with E-state index >= 15 is 0 Å². The molecule has 0 spiro atoms. The number of nitrogens with one attached hydrogen (secondary N) is 1. The number of fused-ring (bicyclic) bond motifs is 1. The van der Waals surface area contributed by atoms with Gasteiger partial charge in [-0.05, 0) is 42.5 Å². The molecule has 0 aliphatic heterocycles. The van der Waals surface area contributed by atoms with Gasteiger partial charge in [0.1, 0.15) is 23.9 Å². The molecule has 1 aromatic carbocycles. The molecule has 0 saturated heterocycles. The van der Waals surface area contributed by atoms with E-state index in [9.17, 15) is 15.0 Å². The smallest absolute Gasteiger partial charge is 0.322 e. The molecule has 10 heteroatoms. The molecule has 8 nitrogen and oxygen atoms in total. The Labute approximate surface area is 189 Å². The van der Waals surface area contributed by atoms with Crippen LogP contribution >= 0.6 is 23.2 Å². The Kier molecular flexibility index (Phi) is 6.07. The van der Waals surface area contributed by atoms with Crippen molar-refractivity contribution in [2.24, 2.45) is 5.92 Å². The number of carbonyl (C=O) groups excluding carboxylic acids is 1. The van der Waals surface area contributed by atoms with Crippen molar-refractivity contribution in [1.29, 1.82) is 0 Å². The molecule has 4 atom stereocenters. The average molecular weight is 464 g/mol. The van der Waals surface area contributed by atoms with E-state index in [0.29, 0.717) is 39.7 Å². The highest BCUT2D eigenvalue weighted by molar-refractivity contribution is 6.42. The number of amides is 2. The van der Waals surface area contributed by atoms with Crippen molar-refractivity contribution in [2.45, 2.75) is 31.1 Å². The first-order chi connectivity index (χ1) is 14.8. The number of urea groups is 1. The van der Waals surface area contributed by atoms with Crippen molar-refractivity contribution in [1.82, 2.24) is 19.4 Å². The SMILES string of the molecule is CN(C)C(=O)Nc1ncnc2c1ccn2[C@@H]1C[C@H](Cc2ccc(Cl)c(Cl)c2)[C@@H](O)[C@H]1O. The zero-order valence-electron chi connectivity index (χ0n) is 17.0. The van der Waals surface area contributed by atoms with E-state index in [2.05, 4.69) is 15.3 Å². The van der Waals surface area contributed by atoms with E-state index in [0.717, 1.165) is 5.56 Å². The summed E-state index contributed by atoms with van der Waals surface area (Å²) in [5, 5.41) is 25.8. The number of halogens is 2. The number of nitrogens with zero attached hydrogens (tertiary/aromatic N) is 4. The van der Waals surface area contributed by atoms with Gasteiger partial charge in [0.05, 0.1) is 27.6 Å². The monoisotopic (exact) mass is 463 g/mol. The van der Waals surface area contributed by atoms with Crippen molar-refractivity contribution in [3.05, 3.63) is 52.4 Å². The number of hydrogen-bond acceptors (Lipinski definition) is 5. The Morgan fingerprint density at radius 2 is 1.97 bits per heavy atom. The third kappa shape index (κ3) is 4.21. The lowest BCUT2D eigenvalue weighted by Crippen LogP contribution is -2.30. The van der Waals surface area contributed by atoms with Crippen molar-refractivity contribution >= 4 is 46.1 Å². The van der Waals surface area contributed by atoms with Gasteiger partial charge < -0.3 is 19.7 Å². The fourth-order valence-electron chi connectivity index (χ4n) is 4.10. The fourth-order valence-corrected chi connectivity index (χ4v) is 4.42. The molecule has 1 aliphatic rings. The highest BCUT2D eigenvalue weighted by Crippen LogP contribution is 2.39. The third-order valence-corrected chi connectivity index (χ3v) is 6.49. The minimum atomic E-state index is -0.960. The summed E-state index contributed by atoms with van der Waals surface area (Å²) in [4.78, 5) is 22.0. The molecule has 2 aromatic heterocycles. The zero-order chi connectivity index (χ0) is 22.3. The molecule has 1 saturated carbocycles. The molecule has 2 amide bonds. The minimum Gasteiger partial charge on any atom is -0.390 e. The van der Waals surface area contributed by atoms with Gasteiger partial charge in [-0.15, -0.1) is 0 Å². The maximum absolute atomic E-state index is 12.0. The van der Waals surface area contributed by atoms with Crippen LogP contribution in [0.3, 0.4) is 0 Å². The first-order valence-corrected chi connectivity index (χ1v) is 10.6. The number of anilines is 1. The summed E-state index contributed by atoms with van der Waals surface area (Å²) in [6.07, 6.45) is 2.42. The van der Waals surface area contributed by atoms with Gasteiger partial charge in [0.25, 0.3) is 0 Å². The highest BCUT2D eigenvalue weighted by Gasteiger charge is 2.42. The maximum Gasteiger partial charge on any atom is 0.322 e. The first kappa shape index (κ1) is 21.8. The molecule has 1 aliphatic carbocycles. The van der Waals surface area contributed by atoms with Gasteiger partial charge in [-0.1, -0.05) is 29.3 Å². The molecular weight excluding hydrogens is 441 g/mol. The Morgan fingerprint density at radius 3 is 2.68 bits per heavy atom. The average Bonchev–Trinajstić information content (AvgIpc) is 3.28. The van der Waals surface area contributed by atoms with Crippen LogP contribution in [-0.4, -0.2) is 62.0 Å². The Bertz CT molecular complexity index is 1120. The predicted molar refractivity (Wildman–Crippen MR) is 120 cm³/mol. The molecule has 31 heavy (non-hydrogen) atoms. The minimum absolute atomic E-state index is 0.163. The van der Waals surface area contributed by atoms with Crippen LogP contribution in [0.4, 0.5) is 10.6 Å². The van der Waals surface area contributed by atoms with Gasteiger partial charge in [0.15, 0.2) is 0 Å². The number of hydrogen-bond donors (Lipinski definition) is 3. The van der Waals surface area contributed by atoms with E-state index in [1.165, 1.54) is 11.2 Å². The number of aliphatic hydroxyl groups is 2. The van der Waals surface area contributed by atoms with Crippen molar-refractivity contribution in [3.63, 3.8) is 0 Å². The second kappa shape index (κ2) is 8.63. The van der Waals surface area contributed by atoms with Gasteiger partial charge >= 0.3 is 6.03 Å². The summed E-state index contributed by atoms with van der Waals surface area (Å²) in [5.41, 5.74) is 1.52. The third-order valence-electron chi connectivity index (χ3n) is 5.75. The van der Waals surface area contributed by atoms with E-state index in [1.807, 2.05) is 10.6 Å². The summed E-state index contributed by atoms with van der Waals surface area (Å²) < 4.78 is 1.84. The molecule has 1 fully saturated rings. The Hall–Kier alpha value is -2.39. The summed E-state index contributed by atoms with van der Waals surface area (Å²) in [5.74, 6) is 0.229. The second-order valence-corrected chi connectivity index (χ2v) is 8.82. The van der Waals surface area contributed by atoms with E-state index in [4.69, 9.17) is 23.2 Å². The Balaban J connectivity index is 1.59. The van der Waals surface area contributed by atoms with Crippen LogP contribution in [0.1, 0.15) is 18.0 Å². The lowest BCUT2D eigenvalue weighted by Gasteiger charge is -2.19. The number of aromatic nitrogens is 3. The van der Waals surface area contributed by atoms with E-state index in [-0.39, 0.29) is 18.0 Å². The van der Waals surface area contributed by atoms with Crippen LogP contribution in [0, 0.1) is 5.92 Å². The molecule has 164 valence electrons. The fraction of sp³-hybridized carbons (Fsp3) is 0.381. The summed E-state index contributed by atoms with van der Waals surface area (Å²) >= 11 is 12.1. The number of carbonyl (C=O) groups is 1. The summed E-state index contributed by atoms with van der Waals surface area (Å²) in [6.45, 7) is 0. The second-order valence-electron chi connectivity index (χ2n) is 8.00. The summed E-state index contributed by atoms with van der Waals surface area (Å²) in [7, 11) is 3.28. The van der Waals surface area contributed by atoms with Crippen LogP contribution < -0.4 is 5.32 Å². The molecule has 0 bridgehead atoms. The largest absolute Gasteiger partial charge is 0.390 e. The van der Waals surface area contributed by atoms with Crippen LogP contribution in [-0.2, 0) is 6.42 Å². The number of benzene rings is 1. The van der Waals surface area contributed by atoms with Crippen molar-refractivity contribution < 1.29 is 15.0 Å². The molecular formula is C21H23Cl2N5O3. The molecule has 0 radical (unpaired) electrons. The molecule has 0 unspecified atom stereocenters. The van der Waals surface area contributed by atoms with E-state index < -0.39 is 12.2 Å². The van der Waals surface area contributed by atoms with Gasteiger partial charge in [0.2, 0.25) is 0 Å². The molecule has 3 N–H and O–H groups in total. The number of aliphatic hydroxyl groups excluding tert-OH is 2.